The van der Waals surface area contributed by atoms with Gasteiger partial charge in [0.2, 0.25) is 0 Å². The van der Waals surface area contributed by atoms with Crippen LogP contribution in [0.25, 0.3) is 0 Å². The minimum atomic E-state index is 0.466. The molecule has 1 atom stereocenters. The topological polar surface area (TPSA) is 59.6 Å². The molecule has 1 fully saturated rings. The van der Waals surface area contributed by atoms with Crippen molar-refractivity contribution in [3.8, 4) is 0 Å². The highest BCUT2D eigenvalue weighted by molar-refractivity contribution is 5.77. The van der Waals surface area contributed by atoms with Crippen LogP contribution in [0.4, 0.5) is 0 Å². The number of nitrogens with two attached hydrogens (primary N) is 1. The third-order valence-electron chi connectivity index (χ3n) is 3.08. The molecule has 1 heterocycles. The second kappa shape index (κ2) is 9.28. The number of hydrogen-bond donors (Lipinski definition) is 2. The summed E-state index contributed by atoms with van der Waals surface area (Å²) in [5.74, 6) is 0.586. The van der Waals surface area contributed by atoms with E-state index in [0.29, 0.717) is 12.1 Å². The van der Waals surface area contributed by atoms with E-state index in [1.807, 2.05) is 0 Å². The molecule has 17 heavy (non-hydrogen) atoms. The second-order valence-corrected chi connectivity index (χ2v) is 4.68. The van der Waals surface area contributed by atoms with Gasteiger partial charge < -0.3 is 15.8 Å². The van der Waals surface area contributed by atoms with Gasteiger partial charge in [0.05, 0.1) is 6.10 Å². The van der Waals surface area contributed by atoms with E-state index in [0.717, 1.165) is 39.0 Å². The molecule has 1 unspecified atom stereocenters. The molecule has 0 spiro atoms. The van der Waals surface area contributed by atoms with Gasteiger partial charge in [0.1, 0.15) is 0 Å². The van der Waals surface area contributed by atoms with Gasteiger partial charge in [-0.05, 0) is 38.5 Å². The summed E-state index contributed by atoms with van der Waals surface area (Å²) in [6.07, 6.45) is 8.73. The van der Waals surface area contributed by atoms with E-state index in [2.05, 4.69) is 17.2 Å². The van der Waals surface area contributed by atoms with Gasteiger partial charge in [-0.3, -0.25) is 4.99 Å². The molecule has 1 rings (SSSR count). The summed E-state index contributed by atoms with van der Waals surface area (Å²) in [7, 11) is 0. The van der Waals surface area contributed by atoms with Crippen molar-refractivity contribution in [3.63, 3.8) is 0 Å². The Morgan fingerprint density at radius 3 is 3.00 bits per heavy atom. The third-order valence-corrected chi connectivity index (χ3v) is 3.08. The molecule has 4 heteroatoms. The van der Waals surface area contributed by atoms with Crippen LogP contribution in [0.1, 0.15) is 51.9 Å². The number of unbranched alkanes of at least 4 members (excludes halogenated alkanes) is 1. The van der Waals surface area contributed by atoms with E-state index in [4.69, 9.17) is 10.5 Å². The van der Waals surface area contributed by atoms with E-state index >= 15 is 0 Å². The molecule has 1 saturated heterocycles. The van der Waals surface area contributed by atoms with Gasteiger partial charge in [0.15, 0.2) is 5.96 Å². The van der Waals surface area contributed by atoms with E-state index in [1.165, 1.54) is 25.7 Å². The molecule has 100 valence electrons. The fourth-order valence-corrected chi connectivity index (χ4v) is 2.00. The standard InChI is InChI=1S/C13H27N3O/c1-2-3-9-15-13(14)16-10-6-8-12-7-4-5-11-17-12/h12H,2-11H2,1H3,(H3,14,15,16). The van der Waals surface area contributed by atoms with Gasteiger partial charge in [0.25, 0.3) is 0 Å². The molecule has 0 aromatic rings. The summed E-state index contributed by atoms with van der Waals surface area (Å²) in [5, 5.41) is 3.12. The maximum Gasteiger partial charge on any atom is 0.188 e. The normalized spacial score (nSPS) is 21.5. The summed E-state index contributed by atoms with van der Waals surface area (Å²) in [5.41, 5.74) is 5.74. The minimum Gasteiger partial charge on any atom is -0.378 e. The van der Waals surface area contributed by atoms with Crippen LogP contribution in [-0.4, -0.2) is 31.8 Å². The number of aliphatic imine (C=N–C) groups is 1. The Morgan fingerprint density at radius 2 is 2.29 bits per heavy atom. The summed E-state index contributed by atoms with van der Waals surface area (Å²) in [6.45, 7) is 4.84. The van der Waals surface area contributed by atoms with E-state index < -0.39 is 0 Å². The Balaban J connectivity index is 1.99. The van der Waals surface area contributed by atoms with Crippen molar-refractivity contribution in [1.82, 2.24) is 5.32 Å². The highest BCUT2D eigenvalue weighted by Crippen LogP contribution is 2.16. The molecule has 0 amide bonds. The predicted octanol–water partition coefficient (Wildman–Crippen LogP) is 2.04. The van der Waals surface area contributed by atoms with Gasteiger partial charge >= 0.3 is 0 Å². The number of nitrogens with one attached hydrogen (secondary N) is 1. The largest absolute Gasteiger partial charge is 0.378 e. The molecule has 0 radical (unpaired) electrons. The van der Waals surface area contributed by atoms with Crippen LogP contribution in [0.2, 0.25) is 0 Å². The first-order valence-electron chi connectivity index (χ1n) is 6.98. The molecular formula is C13H27N3O. The van der Waals surface area contributed by atoms with Crippen LogP contribution in [0.15, 0.2) is 4.99 Å². The van der Waals surface area contributed by atoms with E-state index in [-0.39, 0.29) is 0 Å². The van der Waals surface area contributed by atoms with Crippen molar-refractivity contribution < 1.29 is 4.74 Å². The molecule has 0 saturated carbocycles. The first-order chi connectivity index (χ1) is 8.33. The van der Waals surface area contributed by atoms with Crippen molar-refractivity contribution in [2.45, 2.75) is 58.0 Å². The third kappa shape index (κ3) is 7.21. The molecule has 0 aromatic carbocycles. The van der Waals surface area contributed by atoms with Crippen LogP contribution in [-0.2, 0) is 4.74 Å². The summed E-state index contributed by atoms with van der Waals surface area (Å²) in [6, 6.07) is 0. The number of nitrogens with zero attached hydrogens (tertiary/aromatic N) is 1. The van der Waals surface area contributed by atoms with Crippen LogP contribution >= 0.6 is 0 Å². The van der Waals surface area contributed by atoms with Crippen molar-refractivity contribution >= 4 is 5.96 Å². The molecule has 0 aromatic heterocycles. The fourth-order valence-electron chi connectivity index (χ4n) is 2.00. The average molecular weight is 241 g/mol. The zero-order chi connectivity index (χ0) is 12.3. The van der Waals surface area contributed by atoms with Crippen LogP contribution < -0.4 is 11.1 Å². The van der Waals surface area contributed by atoms with Gasteiger partial charge in [-0.1, -0.05) is 13.3 Å². The molecule has 4 nitrogen and oxygen atoms in total. The first kappa shape index (κ1) is 14.3. The average Bonchev–Trinajstić information content (AvgIpc) is 2.36. The van der Waals surface area contributed by atoms with Crippen LogP contribution in [0, 0.1) is 0 Å². The van der Waals surface area contributed by atoms with Gasteiger partial charge in [-0.25, -0.2) is 0 Å². The van der Waals surface area contributed by atoms with Crippen molar-refractivity contribution in [2.75, 3.05) is 19.7 Å². The van der Waals surface area contributed by atoms with Gasteiger partial charge in [-0.2, -0.15) is 0 Å². The van der Waals surface area contributed by atoms with Crippen LogP contribution in [0.5, 0.6) is 0 Å². The Kier molecular flexibility index (Phi) is 7.80. The monoisotopic (exact) mass is 241 g/mol. The molecule has 1 aliphatic rings. The Bertz CT molecular complexity index is 213. The second-order valence-electron chi connectivity index (χ2n) is 4.68. The van der Waals surface area contributed by atoms with Crippen molar-refractivity contribution in [3.05, 3.63) is 0 Å². The Labute approximate surface area is 105 Å². The van der Waals surface area contributed by atoms with E-state index in [9.17, 15) is 0 Å². The van der Waals surface area contributed by atoms with Crippen LogP contribution in [0.3, 0.4) is 0 Å². The molecule has 0 aliphatic carbocycles. The maximum atomic E-state index is 5.74. The first-order valence-corrected chi connectivity index (χ1v) is 6.98. The minimum absolute atomic E-state index is 0.466. The zero-order valence-electron chi connectivity index (χ0n) is 11.1. The van der Waals surface area contributed by atoms with Gasteiger partial charge in [-0.15, -0.1) is 0 Å². The lowest BCUT2D eigenvalue weighted by molar-refractivity contribution is 0.0105. The van der Waals surface area contributed by atoms with Gasteiger partial charge in [0, 0.05) is 19.7 Å². The Hall–Kier alpha value is -0.770. The molecule has 3 N–H and O–H groups in total. The van der Waals surface area contributed by atoms with Crippen molar-refractivity contribution in [1.29, 1.82) is 0 Å². The number of hydrogen-bond acceptors (Lipinski definition) is 2. The lowest BCUT2D eigenvalue weighted by Gasteiger charge is -2.22. The molecule has 1 aliphatic heterocycles. The fraction of sp³-hybridized carbons (Fsp3) is 0.923. The number of rotatable bonds is 7. The summed E-state index contributed by atoms with van der Waals surface area (Å²) < 4.78 is 5.67. The lowest BCUT2D eigenvalue weighted by atomic mass is 10.1. The Morgan fingerprint density at radius 1 is 1.41 bits per heavy atom. The zero-order valence-corrected chi connectivity index (χ0v) is 11.1. The van der Waals surface area contributed by atoms with Crippen molar-refractivity contribution in [2.24, 2.45) is 10.7 Å². The molecular weight excluding hydrogens is 214 g/mol. The summed E-state index contributed by atoms with van der Waals surface area (Å²) >= 11 is 0. The highest BCUT2D eigenvalue weighted by Gasteiger charge is 2.12. The maximum absolute atomic E-state index is 5.74. The predicted molar refractivity (Wildman–Crippen MR) is 72.2 cm³/mol. The smallest absolute Gasteiger partial charge is 0.188 e. The molecule has 0 bridgehead atoms. The SMILES string of the molecule is CCCCNC(N)=NCCCC1CCCCO1. The summed E-state index contributed by atoms with van der Waals surface area (Å²) in [4.78, 5) is 4.31. The highest BCUT2D eigenvalue weighted by atomic mass is 16.5. The number of guanidine groups is 1. The lowest BCUT2D eigenvalue weighted by Crippen LogP contribution is -2.32. The van der Waals surface area contributed by atoms with E-state index in [1.54, 1.807) is 0 Å². The quantitative estimate of drug-likeness (QED) is 0.407. The number of ether oxygens (including phenoxy) is 1.